The topological polar surface area (TPSA) is 84.1 Å². The zero-order valence-electron chi connectivity index (χ0n) is 13.1. The monoisotopic (exact) mass is 355 g/mol. The van der Waals surface area contributed by atoms with Gasteiger partial charge in [0.05, 0.1) is 21.2 Å². The molecule has 124 valence electrons. The number of nitrogen functional groups attached to an aromatic ring is 1. The Morgan fingerprint density at radius 2 is 1.87 bits per heavy atom. The van der Waals surface area contributed by atoms with E-state index in [0.717, 1.165) is 19.6 Å². The van der Waals surface area contributed by atoms with E-state index >= 15 is 0 Å². The molecule has 0 spiro atoms. The van der Waals surface area contributed by atoms with Crippen LogP contribution in [0.2, 0.25) is 10.0 Å². The first kappa shape index (κ1) is 17.7. The average Bonchev–Trinajstić information content (AvgIpc) is 2.53. The number of carbonyl (C=O) groups is 1. The van der Waals surface area contributed by atoms with E-state index in [1.807, 2.05) is 0 Å². The highest BCUT2D eigenvalue weighted by Crippen LogP contribution is 2.30. The van der Waals surface area contributed by atoms with E-state index in [2.05, 4.69) is 34.3 Å². The predicted octanol–water partition coefficient (Wildman–Crippen LogP) is 2.59. The number of hydrogen-bond acceptors (Lipinski definition) is 5. The second-order valence-corrected chi connectivity index (χ2v) is 5.84. The zero-order chi connectivity index (χ0) is 17.0. The van der Waals surface area contributed by atoms with Gasteiger partial charge in [0.2, 0.25) is 0 Å². The number of nitrogens with two attached hydrogens (primary N) is 1. The largest absolute Gasteiger partial charge is 0.396 e. The highest BCUT2D eigenvalue weighted by Gasteiger charge is 2.16. The Morgan fingerprint density at radius 3 is 2.52 bits per heavy atom. The molecular weight excluding hydrogens is 337 g/mol. The minimum Gasteiger partial charge on any atom is -0.396 e. The van der Waals surface area contributed by atoms with Gasteiger partial charge in [-0.15, -0.1) is 10.2 Å². The van der Waals surface area contributed by atoms with E-state index in [1.54, 1.807) is 12.1 Å². The minimum atomic E-state index is -0.352. The molecular formula is C15H19Cl2N5O. The summed E-state index contributed by atoms with van der Waals surface area (Å²) in [5, 5.41) is 12.0. The van der Waals surface area contributed by atoms with Crippen molar-refractivity contribution in [2.75, 3.05) is 31.9 Å². The maximum atomic E-state index is 12.2. The van der Waals surface area contributed by atoms with Crippen LogP contribution in [0.15, 0.2) is 12.1 Å². The summed E-state index contributed by atoms with van der Waals surface area (Å²) in [6.45, 7) is 7.30. The Hall–Kier alpha value is -1.63. The lowest BCUT2D eigenvalue weighted by molar-refractivity contribution is 0.0944. The predicted molar refractivity (Wildman–Crippen MR) is 94.1 cm³/mol. The molecule has 0 saturated heterocycles. The lowest BCUT2D eigenvalue weighted by Crippen LogP contribution is -2.35. The smallest absolute Gasteiger partial charge is 0.274 e. The molecule has 0 bridgehead atoms. The van der Waals surface area contributed by atoms with Gasteiger partial charge in [0.15, 0.2) is 5.69 Å². The maximum absolute atomic E-state index is 12.2. The van der Waals surface area contributed by atoms with Crippen molar-refractivity contribution in [1.82, 2.24) is 20.4 Å². The summed E-state index contributed by atoms with van der Waals surface area (Å²) >= 11 is 11.9. The van der Waals surface area contributed by atoms with Gasteiger partial charge >= 0.3 is 0 Å². The van der Waals surface area contributed by atoms with Gasteiger partial charge in [-0.05, 0) is 25.2 Å². The van der Waals surface area contributed by atoms with Crippen molar-refractivity contribution in [2.45, 2.75) is 13.8 Å². The Balaban J connectivity index is 2.18. The first-order valence-electron chi connectivity index (χ1n) is 7.39. The van der Waals surface area contributed by atoms with E-state index in [0.29, 0.717) is 27.5 Å². The number of halogens is 2. The number of rotatable bonds is 6. The third-order valence-electron chi connectivity index (χ3n) is 3.66. The second kappa shape index (κ2) is 7.77. The summed E-state index contributed by atoms with van der Waals surface area (Å²) in [6, 6.07) is 3.17. The highest BCUT2D eigenvalue weighted by atomic mass is 35.5. The SMILES string of the molecule is CCN(CC)CCNC(=O)c1nnc2cc(Cl)c(Cl)cc2c1N. The third-order valence-corrected chi connectivity index (χ3v) is 4.39. The number of aromatic nitrogens is 2. The Morgan fingerprint density at radius 1 is 1.22 bits per heavy atom. The van der Waals surface area contributed by atoms with Gasteiger partial charge in [-0.2, -0.15) is 0 Å². The van der Waals surface area contributed by atoms with Crippen LogP contribution in [0.25, 0.3) is 10.9 Å². The molecule has 1 amide bonds. The first-order chi connectivity index (χ1) is 11.0. The van der Waals surface area contributed by atoms with Gasteiger partial charge in [0.1, 0.15) is 0 Å². The number of nitrogens with one attached hydrogen (secondary N) is 1. The molecule has 23 heavy (non-hydrogen) atoms. The summed E-state index contributed by atoms with van der Waals surface area (Å²) in [5.74, 6) is -0.352. The number of nitrogens with zero attached hydrogens (tertiary/aromatic N) is 3. The van der Waals surface area contributed by atoms with E-state index in [-0.39, 0.29) is 17.3 Å². The normalized spacial score (nSPS) is 11.2. The molecule has 8 heteroatoms. The molecule has 0 saturated carbocycles. The molecule has 2 aromatic rings. The van der Waals surface area contributed by atoms with E-state index in [1.165, 1.54) is 0 Å². The number of anilines is 1. The highest BCUT2D eigenvalue weighted by molar-refractivity contribution is 6.42. The summed E-state index contributed by atoms with van der Waals surface area (Å²) in [5.41, 5.74) is 6.88. The standard InChI is InChI=1S/C15H19Cl2N5O/c1-3-22(4-2)6-5-19-15(23)14-13(18)9-7-10(16)11(17)8-12(9)20-21-14/h7-8H,3-6H2,1-2H3,(H2,18,20)(H,19,23). The molecule has 6 nitrogen and oxygen atoms in total. The van der Waals surface area contributed by atoms with Crippen LogP contribution in [-0.4, -0.2) is 47.2 Å². The van der Waals surface area contributed by atoms with Gasteiger partial charge in [-0.3, -0.25) is 4.79 Å². The van der Waals surface area contributed by atoms with Crippen molar-refractivity contribution in [3.05, 3.63) is 27.9 Å². The minimum absolute atomic E-state index is 0.0930. The molecule has 2 rings (SSSR count). The van der Waals surface area contributed by atoms with Crippen molar-refractivity contribution in [1.29, 1.82) is 0 Å². The van der Waals surface area contributed by atoms with Crippen LogP contribution in [0, 0.1) is 0 Å². The summed E-state index contributed by atoms with van der Waals surface area (Å²) in [4.78, 5) is 14.5. The van der Waals surface area contributed by atoms with Crippen LogP contribution in [0.5, 0.6) is 0 Å². The van der Waals surface area contributed by atoms with Crippen molar-refractivity contribution in [3.63, 3.8) is 0 Å². The molecule has 0 aliphatic rings. The Kier molecular flexibility index (Phi) is 5.98. The number of hydrogen-bond donors (Lipinski definition) is 2. The number of amides is 1. The van der Waals surface area contributed by atoms with Gasteiger partial charge in [0.25, 0.3) is 5.91 Å². The van der Waals surface area contributed by atoms with Crippen molar-refractivity contribution in [2.24, 2.45) is 0 Å². The van der Waals surface area contributed by atoms with Gasteiger partial charge in [-0.1, -0.05) is 37.0 Å². The third kappa shape index (κ3) is 4.02. The average molecular weight is 356 g/mol. The quantitative estimate of drug-likeness (QED) is 0.831. The van der Waals surface area contributed by atoms with Crippen LogP contribution < -0.4 is 11.1 Å². The molecule has 1 aromatic carbocycles. The van der Waals surface area contributed by atoms with Gasteiger partial charge in [-0.25, -0.2) is 0 Å². The van der Waals surface area contributed by atoms with Crippen molar-refractivity contribution < 1.29 is 4.79 Å². The number of fused-ring (bicyclic) bond motifs is 1. The fourth-order valence-corrected chi connectivity index (χ4v) is 2.56. The van der Waals surface area contributed by atoms with E-state index in [9.17, 15) is 4.79 Å². The fourth-order valence-electron chi connectivity index (χ4n) is 2.24. The lowest BCUT2D eigenvalue weighted by atomic mass is 10.1. The Bertz CT molecular complexity index is 719. The summed E-state index contributed by atoms with van der Waals surface area (Å²) < 4.78 is 0. The maximum Gasteiger partial charge on any atom is 0.274 e. The van der Waals surface area contributed by atoms with Crippen LogP contribution >= 0.6 is 23.2 Å². The molecule has 0 aliphatic carbocycles. The summed E-state index contributed by atoms with van der Waals surface area (Å²) in [7, 11) is 0. The van der Waals surface area contributed by atoms with E-state index < -0.39 is 0 Å². The number of carbonyl (C=O) groups excluding carboxylic acids is 1. The second-order valence-electron chi connectivity index (χ2n) is 5.03. The van der Waals surface area contributed by atoms with Gasteiger partial charge in [0, 0.05) is 18.5 Å². The van der Waals surface area contributed by atoms with Crippen LogP contribution in [0.1, 0.15) is 24.3 Å². The zero-order valence-corrected chi connectivity index (χ0v) is 14.6. The molecule has 1 aromatic heterocycles. The molecule has 3 N–H and O–H groups in total. The van der Waals surface area contributed by atoms with E-state index in [4.69, 9.17) is 28.9 Å². The number of benzene rings is 1. The first-order valence-corrected chi connectivity index (χ1v) is 8.15. The van der Waals surface area contributed by atoms with Crippen LogP contribution in [0.4, 0.5) is 5.69 Å². The molecule has 1 heterocycles. The molecule has 0 aliphatic heterocycles. The van der Waals surface area contributed by atoms with Crippen molar-refractivity contribution in [3.8, 4) is 0 Å². The lowest BCUT2D eigenvalue weighted by Gasteiger charge is -2.18. The Labute approximate surface area is 144 Å². The summed E-state index contributed by atoms with van der Waals surface area (Å²) in [6.07, 6.45) is 0. The molecule has 0 atom stereocenters. The van der Waals surface area contributed by atoms with Crippen LogP contribution in [-0.2, 0) is 0 Å². The fraction of sp³-hybridized carbons (Fsp3) is 0.400. The van der Waals surface area contributed by atoms with Crippen LogP contribution in [0.3, 0.4) is 0 Å². The molecule has 0 fully saturated rings. The van der Waals surface area contributed by atoms with Crippen molar-refractivity contribution >= 4 is 45.7 Å². The van der Waals surface area contributed by atoms with Gasteiger partial charge < -0.3 is 16.0 Å². The number of likely N-dealkylation sites (N-methyl/N-ethyl adjacent to an activating group) is 1. The molecule has 0 radical (unpaired) electrons. The molecule has 0 unspecified atom stereocenters.